The molecular formula is C11H23N3O. The molecule has 2 unspecified atom stereocenters. The molecule has 0 spiro atoms. The van der Waals surface area contributed by atoms with Crippen molar-refractivity contribution in [1.82, 2.24) is 4.90 Å². The Morgan fingerprint density at radius 1 is 1.60 bits per heavy atom. The third-order valence-corrected chi connectivity index (χ3v) is 2.81. The number of hydrogen-bond donors (Lipinski definition) is 1. The predicted octanol–water partition coefficient (Wildman–Crippen LogP) is 1.07. The number of rotatable bonds is 3. The van der Waals surface area contributed by atoms with Crippen LogP contribution in [0.1, 0.15) is 27.2 Å². The minimum atomic E-state index is 0.253. The summed E-state index contributed by atoms with van der Waals surface area (Å²) < 4.78 is 5.51. The van der Waals surface area contributed by atoms with Crippen LogP contribution in [-0.4, -0.2) is 43.2 Å². The van der Waals surface area contributed by atoms with Crippen LogP contribution in [0, 0.1) is 5.92 Å². The zero-order valence-electron chi connectivity index (χ0n) is 10.2. The van der Waals surface area contributed by atoms with E-state index in [1.807, 2.05) is 11.9 Å². The lowest BCUT2D eigenvalue weighted by Crippen LogP contribution is -2.45. The number of nitrogens with two attached hydrogens (primary N) is 1. The summed E-state index contributed by atoms with van der Waals surface area (Å²) in [5.74, 6) is 1.18. The third kappa shape index (κ3) is 3.38. The van der Waals surface area contributed by atoms with Crippen LogP contribution < -0.4 is 5.73 Å². The van der Waals surface area contributed by atoms with Gasteiger partial charge in [-0.3, -0.25) is 4.99 Å². The molecule has 1 saturated heterocycles. The molecule has 0 amide bonds. The van der Waals surface area contributed by atoms with Crippen molar-refractivity contribution in [2.45, 2.75) is 39.3 Å². The molecule has 0 bridgehead atoms. The van der Waals surface area contributed by atoms with E-state index in [1.54, 1.807) is 0 Å². The van der Waals surface area contributed by atoms with Gasteiger partial charge in [0.05, 0.1) is 12.1 Å². The summed E-state index contributed by atoms with van der Waals surface area (Å²) in [6, 6.07) is 0.376. The van der Waals surface area contributed by atoms with Gasteiger partial charge in [-0.15, -0.1) is 0 Å². The Morgan fingerprint density at radius 2 is 2.27 bits per heavy atom. The van der Waals surface area contributed by atoms with Crippen molar-refractivity contribution < 1.29 is 4.74 Å². The average molecular weight is 213 g/mol. The molecule has 2 N–H and O–H groups in total. The molecule has 1 fully saturated rings. The molecule has 0 radical (unpaired) electrons. The minimum absolute atomic E-state index is 0.253. The van der Waals surface area contributed by atoms with Gasteiger partial charge < -0.3 is 15.4 Å². The second kappa shape index (κ2) is 5.35. The van der Waals surface area contributed by atoms with E-state index in [0.29, 0.717) is 17.9 Å². The van der Waals surface area contributed by atoms with Crippen molar-refractivity contribution in [3.05, 3.63) is 0 Å². The van der Waals surface area contributed by atoms with E-state index < -0.39 is 0 Å². The number of nitrogens with zero attached hydrogens (tertiary/aromatic N) is 2. The Labute approximate surface area is 92.5 Å². The van der Waals surface area contributed by atoms with Crippen molar-refractivity contribution in [1.29, 1.82) is 0 Å². The topological polar surface area (TPSA) is 50.8 Å². The van der Waals surface area contributed by atoms with Crippen LogP contribution in [0.25, 0.3) is 0 Å². The predicted molar refractivity (Wildman–Crippen MR) is 62.9 cm³/mol. The molecule has 0 aliphatic carbocycles. The monoisotopic (exact) mass is 213 g/mol. The van der Waals surface area contributed by atoms with Crippen molar-refractivity contribution in [3.8, 4) is 0 Å². The normalized spacial score (nSPS) is 27.4. The molecule has 1 rings (SSSR count). The Hall–Kier alpha value is -0.770. The van der Waals surface area contributed by atoms with Crippen LogP contribution >= 0.6 is 0 Å². The molecule has 1 heterocycles. The van der Waals surface area contributed by atoms with E-state index in [2.05, 4.69) is 25.8 Å². The number of likely N-dealkylation sites (N-methyl/N-ethyl adjacent to an activating group) is 1. The Kier molecular flexibility index (Phi) is 4.39. The van der Waals surface area contributed by atoms with Gasteiger partial charge in [0.25, 0.3) is 0 Å². The van der Waals surface area contributed by atoms with Gasteiger partial charge in [0.2, 0.25) is 0 Å². The lowest BCUT2D eigenvalue weighted by Gasteiger charge is -2.27. The average Bonchev–Trinajstić information content (AvgIpc) is 2.59. The SMILES string of the molecule is CC(C)CN=C(N)N(C)C1CCOC1C. The molecule has 2 atom stereocenters. The molecule has 15 heavy (non-hydrogen) atoms. The summed E-state index contributed by atoms with van der Waals surface area (Å²) in [6.07, 6.45) is 1.29. The fourth-order valence-corrected chi connectivity index (χ4v) is 1.79. The van der Waals surface area contributed by atoms with Crippen LogP contribution in [0.2, 0.25) is 0 Å². The Morgan fingerprint density at radius 3 is 2.73 bits per heavy atom. The van der Waals surface area contributed by atoms with Crippen LogP contribution in [0.3, 0.4) is 0 Å². The first kappa shape index (κ1) is 12.3. The molecule has 0 aromatic rings. The highest BCUT2D eigenvalue weighted by molar-refractivity contribution is 5.78. The van der Waals surface area contributed by atoms with E-state index in [1.165, 1.54) is 0 Å². The Balaban J connectivity index is 2.51. The number of ether oxygens (including phenoxy) is 1. The van der Waals surface area contributed by atoms with Gasteiger partial charge in [-0.05, 0) is 19.3 Å². The largest absolute Gasteiger partial charge is 0.376 e. The lowest BCUT2D eigenvalue weighted by molar-refractivity contribution is 0.0996. The van der Waals surface area contributed by atoms with Gasteiger partial charge in [-0.1, -0.05) is 13.8 Å². The highest BCUT2D eigenvalue weighted by Crippen LogP contribution is 2.17. The standard InChI is InChI=1S/C11H23N3O/c1-8(2)7-13-11(12)14(4)10-5-6-15-9(10)3/h8-10H,5-7H2,1-4H3,(H2,12,13). The van der Waals surface area contributed by atoms with Crippen molar-refractivity contribution in [2.24, 2.45) is 16.6 Å². The molecule has 1 aliphatic rings. The highest BCUT2D eigenvalue weighted by atomic mass is 16.5. The zero-order valence-corrected chi connectivity index (χ0v) is 10.2. The summed E-state index contributed by atoms with van der Waals surface area (Å²) in [5.41, 5.74) is 5.93. The van der Waals surface area contributed by atoms with E-state index in [9.17, 15) is 0 Å². The second-order valence-electron chi connectivity index (χ2n) is 4.64. The van der Waals surface area contributed by atoms with E-state index in [-0.39, 0.29) is 6.10 Å². The molecule has 4 nitrogen and oxygen atoms in total. The summed E-state index contributed by atoms with van der Waals surface area (Å²) in [4.78, 5) is 6.41. The molecule has 0 aromatic heterocycles. The van der Waals surface area contributed by atoms with Crippen molar-refractivity contribution in [3.63, 3.8) is 0 Å². The van der Waals surface area contributed by atoms with Gasteiger partial charge in [0.15, 0.2) is 5.96 Å². The van der Waals surface area contributed by atoms with Gasteiger partial charge >= 0.3 is 0 Å². The first-order valence-electron chi connectivity index (χ1n) is 5.66. The zero-order chi connectivity index (χ0) is 11.4. The fourth-order valence-electron chi connectivity index (χ4n) is 1.79. The smallest absolute Gasteiger partial charge is 0.191 e. The molecule has 0 saturated carbocycles. The summed E-state index contributed by atoms with van der Waals surface area (Å²) in [5, 5.41) is 0. The van der Waals surface area contributed by atoms with E-state index in [0.717, 1.165) is 19.6 Å². The first-order valence-corrected chi connectivity index (χ1v) is 5.66. The maximum Gasteiger partial charge on any atom is 0.191 e. The van der Waals surface area contributed by atoms with Gasteiger partial charge in [0, 0.05) is 20.2 Å². The fraction of sp³-hybridized carbons (Fsp3) is 0.909. The van der Waals surface area contributed by atoms with Crippen LogP contribution in [0.5, 0.6) is 0 Å². The van der Waals surface area contributed by atoms with Crippen LogP contribution in [0.15, 0.2) is 4.99 Å². The minimum Gasteiger partial charge on any atom is -0.376 e. The molecule has 88 valence electrons. The number of hydrogen-bond acceptors (Lipinski definition) is 2. The van der Waals surface area contributed by atoms with Gasteiger partial charge in [-0.2, -0.15) is 0 Å². The van der Waals surface area contributed by atoms with Crippen LogP contribution in [0.4, 0.5) is 0 Å². The molecular weight excluding hydrogens is 190 g/mol. The maximum absolute atomic E-state index is 5.93. The van der Waals surface area contributed by atoms with Crippen LogP contribution in [-0.2, 0) is 4.74 Å². The van der Waals surface area contributed by atoms with Crippen molar-refractivity contribution >= 4 is 5.96 Å². The van der Waals surface area contributed by atoms with E-state index in [4.69, 9.17) is 10.5 Å². The summed E-state index contributed by atoms with van der Waals surface area (Å²) in [6.45, 7) is 7.98. The third-order valence-electron chi connectivity index (χ3n) is 2.81. The lowest BCUT2D eigenvalue weighted by atomic mass is 10.1. The maximum atomic E-state index is 5.93. The van der Waals surface area contributed by atoms with Gasteiger partial charge in [-0.25, -0.2) is 0 Å². The number of aliphatic imine (C=N–C) groups is 1. The first-order chi connectivity index (χ1) is 7.02. The summed E-state index contributed by atoms with van der Waals surface area (Å²) >= 11 is 0. The second-order valence-corrected chi connectivity index (χ2v) is 4.64. The molecule has 1 aliphatic heterocycles. The van der Waals surface area contributed by atoms with Gasteiger partial charge in [0.1, 0.15) is 0 Å². The Bertz CT molecular complexity index is 228. The van der Waals surface area contributed by atoms with Crippen molar-refractivity contribution in [2.75, 3.05) is 20.2 Å². The summed E-state index contributed by atoms with van der Waals surface area (Å²) in [7, 11) is 2.00. The highest BCUT2D eigenvalue weighted by Gasteiger charge is 2.28. The molecule has 4 heteroatoms. The quantitative estimate of drug-likeness (QED) is 0.563. The molecule has 0 aromatic carbocycles. The number of guanidine groups is 1. The van der Waals surface area contributed by atoms with E-state index >= 15 is 0 Å².